The molecular weight excluding hydrogens is 222 g/mol. The average Bonchev–Trinajstić information content (AvgIpc) is 2.35. The minimum Gasteiger partial charge on any atom is -0.369 e. The van der Waals surface area contributed by atoms with Crippen LogP contribution in [0.4, 0.5) is 0 Å². The fraction of sp³-hybridized carbons (Fsp3) is 0.625. The van der Waals surface area contributed by atoms with E-state index in [0.29, 0.717) is 5.92 Å². The summed E-state index contributed by atoms with van der Waals surface area (Å²) >= 11 is 0. The van der Waals surface area contributed by atoms with Crippen molar-refractivity contribution < 1.29 is 4.74 Å². The van der Waals surface area contributed by atoms with Crippen LogP contribution in [0.2, 0.25) is 0 Å². The van der Waals surface area contributed by atoms with E-state index in [4.69, 9.17) is 10.5 Å². The highest BCUT2D eigenvalue weighted by atomic mass is 16.5. The monoisotopic (exact) mass is 249 g/mol. The highest BCUT2D eigenvalue weighted by Crippen LogP contribution is 2.26. The Bertz CT molecular complexity index is 345. The SMILES string of the molecule is CCC(N)C(OC(C)C(C)C)c1ccc(C)cc1. The third kappa shape index (κ3) is 4.11. The van der Waals surface area contributed by atoms with Crippen LogP contribution < -0.4 is 5.73 Å². The first-order valence-corrected chi connectivity index (χ1v) is 6.93. The van der Waals surface area contributed by atoms with Crippen LogP contribution in [-0.4, -0.2) is 12.1 Å². The van der Waals surface area contributed by atoms with E-state index in [2.05, 4.69) is 58.9 Å². The maximum atomic E-state index is 6.21. The second kappa shape index (κ2) is 6.91. The number of ether oxygens (including phenoxy) is 1. The maximum absolute atomic E-state index is 6.21. The summed E-state index contributed by atoms with van der Waals surface area (Å²) in [5.41, 5.74) is 8.66. The molecule has 2 N–H and O–H groups in total. The summed E-state index contributed by atoms with van der Waals surface area (Å²) in [5, 5.41) is 0. The van der Waals surface area contributed by atoms with Crippen LogP contribution in [-0.2, 0) is 4.74 Å². The fourth-order valence-corrected chi connectivity index (χ4v) is 1.79. The van der Waals surface area contributed by atoms with Gasteiger partial charge in [-0.3, -0.25) is 0 Å². The molecule has 0 bridgehead atoms. The predicted octanol–water partition coefficient (Wildman–Crippen LogP) is 3.83. The highest BCUT2D eigenvalue weighted by Gasteiger charge is 2.22. The summed E-state index contributed by atoms with van der Waals surface area (Å²) in [7, 11) is 0. The molecular formula is C16H27NO. The molecule has 2 heteroatoms. The molecule has 18 heavy (non-hydrogen) atoms. The Kier molecular flexibility index (Phi) is 5.83. The highest BCUT2D eigenvalue weighted by molar-refractivity contribution is 5.24. The predicted molar refractivity (Wildman–Crippen MR) is 77.6 cm³/mol. The molecule has 1 rings (SSSR count). The van der Waals surface area contributed by atoms with Crippen LogP contribution in [0.1, 0.15) is 51.3 Å². The topological polar surface area (TPSA) is 35.2 Å². The van der Waals surface area contributed by atoms with Crippen molar-refractivity contribution in [2.75, 3.05) is 0 Å². The zero-order valence-corrected chi connectivity index (χ0v) is 12.3. The Labute approximate surface area is 112 Å². The molecule has 0 aliphatic carbocycles. The van der Waals surface area contributed by atoms with Crippen molar-refractivity contribution in [3.05, 3.63) is 35.4 Å². The van der Waals surface area contributed by atoms with Crippen LogP contribution >= 0.6 is 0 Å². The van der Waals surface area contributed by atoms with Crippen LogP contribution in [0, 0.1) is 12.8 Å². The molecule has 0 aliphatic heterocycles. The van der Waals surface area contributed by atoms with Crippen molar-refractivity contribution in [1.82, 2.24) is 0 Å². The number of rotatable bonds is 6. The number of nitrogens with two attached hydrogens (primary N) is 1. The Balaban J connectivity index is 2.87. The summed E-state index contributed by atoms with van der Waals surface area (Å²) < 4.78 is 6.17. The van der Waals surface area contributed by atoms with E-state index in [1.807, 2.05) is 0 Å². The number of hydrogen-bond donors (Lipinski definition) is 1. The van der Waals surface area contributed by atoms with Gasteiger partial charge in [0.15, 0.2) is 0 Å². The average molecular weight is 249 g/mol. The van der Waals surface area contributed by atoms with Crippen LogP contribution in [0.5, 0.6) is 0 Å². The van der Waals surface area contributed by atoms with Crippen molar-refractivity contribution in [2.24, 2.45) is 11.7 Å². The summed E-state index contributed by atoms with van der Waals surface area (Å²) in [6, 6.07) is 8.54. The number of aryl methyl sites for hydroxylation is 1. The Morgan fingerprint density at radius 1 is 1.11 bits per heavy atom. The van der Waals surface area contributed by atoms with Gasteiger partial charge in [-0.25, -0.2) is 0 Å². The molecule has 0 saturated heterocycles. The molecule has 0 heterocycles. The molecule has 1 aromatic rings. The quantitative estimate of drug-likeness (QED) is 0.831. The van der Waals surface area contributed by atoms with Crippen molar-refractivity contribution in [2.45, 2.75) is 59.3 Å². The van der Waals surface area contributed by atoms with Crippen LogP contribution in [0.3, 0.4) is 0 Å². The van der Waals surface area contributed by atoms with E-state index in [1.54, 1.807) is 0 Å². The van der Waals surface area contributed by atoms with E-state index in [-0.39, 0.29) is 18.2 Å². The van der Waals surface area contributed by atoms with Gasteiger partial charge in [-0.1, -0.05) is 50.6 Å². The Morgan fingerprint density at radius 3 is 2.11 bits per heavy atom. The molecule has 0 amide bonds. The van der Waals surface area contributed by atoms with Gasteiger partial charge in [0.05, 0.1) is 12.2 Å². The van der Waals surface area contributed by atoms with Crippen molar-refractivity contribution in [1.29, 1.82) is 0 Å². The first-order chi connectivity index (χ1) is 8.45. The van der Waals surface area contributed by atoms with E-state index in [1.165, 1.54) is 11.1 Å². The molecule has 0 saturated carbocycles. The third-order valence-corrected chi connectivity index (χ3v) is 3.57. The third-order valence-electron chi connectivity index (χ3n) is 3.57. The van der Waals surface area contributed by atoms with Gasteiger partial charge in [0, 0.05) is 6.04 Å². The van der Waals surface area contributed by atoms with Gasteiger partial charge >= 0.3 is 0 Å². The maximum Gasteiger partial charge on any atom is 0.0979 e. The van der Waals surface area contributed by atoms with Gasteiger partial charge < -0.3 is 10.5 Å². The molecule has 1 aromatic carbocycles. The fourth-order valence-electron chi connectivity index (χ4n) is 1.79. The number of benzene rings is 1. The van der Waals surface area contributed by atoms with E-state index in [0.717, 1.165) is 6.42 Å². The largest absolute Gasteiger partial charge is 0.369 e. The first kappa shape index (κ1) is 15.2. The molecule has 3 unspecified atom stereocenters. The van der Waals surface area contributed by atoms with Gasteiger partial charge in [0.1, 0.15) is 0 Å². The van der Waals surface area contributed by atoms with Crippen molar-refractivity contribution >= 4 is 0 Å². The van der Waals surface area contributed by atoms with Crippen LogP contribution in [0.15, 0.2) is 24.3 Å². The van der Waals surface area contributed by atoms with Gasteiger partial charge in [-0.05, 0) is 31.7 Å². The van der Waals surface area contributed by atoms with Gasteiger partial charge in [-0.15, -0.1) is 0 Å². The lowest BCUT2D eigenvalue weighted by Crippen LogP contribution is -2.33. The summed E-state index contributed by atoms with van der Waals surface area (Å²) in [6.45, 7) is 10.7. The minimum atomic E-state index is -0.00648. The summed E-state index contributed by atoms with van der Waals surface area (Å²) in [6.07, 6.45) is 1.13. The summed E-state index contributed by atoms with van der Waals surface area (Å²) in [5.74, 6) is 0.502. The van der Waals surface area contributed by atoms with Gasteiger partial charge in [0.25, 0.3) is 0 Å². The first-order valence-electron chi connectivity index (χ1n) is 6.93. The molecule has 0 spiro atoms. The molecule has 3 atom stereocenters. The molecule has 0 aliphatic rings. The lowest BCUT2D eigenvalue weighted by molar-refractivity contribution is -0.0395. The lowest BCUT2D eigenvalue weighted by Gasteiger charge is -2.29. The zero-order valence-electron chi connectivity index (χ0n) is 12.3. The lowest BCUT2D eigenvalue weighted by atomic mass is 9.99. The summed E-state index contributed by atoms with van der Waals surface area (Å²) in [4.78, 5) is 0. The van der Waals surface area contributed by atoms with Crippen molar-refractivity contribution in [3.63, 3.8) is 0 Å². The van der Waals surface area contributed by atoms with Gasteiger partial charge in [-0.2, -0.15) is 0 Å². The Morgan fingerprint density at radius 2 is 1.67 bits per heavy atom. The number of hydrogen-bond acceptors (Lipinski definition) is 2. The van der Waals surface area contributed by atoms with Gasteiger partial charge in [0.2, 0.25) is 0 Å². The Hall–Kier alpha value is -0.860. The molecule has 102 valence electrons. The second-order valence-electron chi connectivity index (χ2n) is 5.49. The smallest absolute Gasteiger partial charge is 0.0979 e. The van der Waals surface area contributed by atoms with E-state index >= 15 is 0 Å². The van der Waals surface area contributed by atoms with E-state index < -0.39 is 0 Å². The van der Waals surface area contributed by atoms with E-state index in [9.17, 15) is 0 Å². The molecule has 2 nitrogen and oxygen atoms in total. The van der Waals surface area contributed by atoms with Crippen LogP contribution in [0.25, 0.3) is 0 Å². The molecule has 0 aromatic heterocycles. The molecule has 0 radical (unpaired) electrons. The normalized spacial score (nSPS) is 16.6. The minimum absolute atomic E-state index is 0.00648. The second-order valence-corrected chi connectivity index (χ2v) is 5.49. The molecule has 0 fully saturated rings. The van der Waals surface area contributed by atoms with Crippen molar-refractivity contribution in [3.8, 4) is 0 Å². The standard InChI is InChI=1S/C16H27NO/c1-6-15(17)16(18-13(5)11(2)3)14-9-7-12(4)8-10-14/h7-11,13,15-16H,6,17H2,1-5H3. The zero-order chi connectivity index (χ0) is 13.7.